The van der Waals surface area contributed by atoms with Crippen molar-refractivity contribution in [3.05, 3.63) is 72.3 Å². The molecule has 0 saturated heterocycles. The fourth-order valence-electron chi connectivity index (χ4n) is 3.24. The van der Waals surface area contributed by atoms with Gasteiger partial charge in [-0.3, -0.25) is 4.79 Å². The molecule has 4 nitrogen and oxygen atoms in total. The number of anilines is 1. The minimum absolute atomic E-state index is 0.118. The van der Waals surface area contributed by atoms with Crippen LogP contribution in [0.2, 0.25) is 0 Å². The zero-order valence-electron chi connectivity index (χ0n) is 15.2. The molecule has 0 fully saturated rings. The lowest BCUT2D eigenvalue weighted by molar-refractivity contribution is -0.128. The van der Waals surface area contributed by atoms with Gasteiger partial charge in [0.05, 0.1) is 17.1 Å². The first-order valence-corrected chi connectivity index (χ1v) is 10.0. The highest BCUT2D eigenvalue weighted by Gasteiger charge is 2.17. The Morgan fingerprint density at radius 2 is 1.81 bits per heavy atom. The molecule has 1 aliphatic heterocycles. The SMILES string of the molecule is CCN(Cc1ccccc1)C(=O)CSC1=Nc2cccc3cccc(c23)N1. The molecule has 0 atom stereocenters. The van der Waals surface area contributed by atoms with Crippen LogP contribution in [0, 0.1) is 0 Å². The van der Waals surface area contributed by atoms with Crippen LogP contribution in [0.5, 0.6) is 0 Å². The Hall–Kier alpha value is -2.79. The first kappa shape index (κ1) is 17.6. The van der Waals surface area contributed by atoms with Crippen LogP contribution in [-0.4, -0.2) is 28.3 Å². The van der Waals surface area contributed by atoms with E-state index in [9.17, 15) is 4.79 Å². The van der Waals surface area contributed by atoms with Crippen molar-refractivity contribution in [2.45, 2.75) is 13.5 Å². The van der Waals surface area contributed by atoms with E-state index in [0.717, 1.165) is 27.5 Å². The van der Waals surface area contributed by atoms with Crippen molar-refractivity contribution in [2.75, 3.05) is 17.6 Å². The lowest BCUT2D eigenvalue weighted by Crippen LogP contribution is -2.32. The molecular formula is C22H21N3OS. The highest BCUT2D eigenvalue weighted by Crippen LogP contribution is 2.36. The Morgan fingerprint density at radius 3 is 2.59 bits per heavy atom. The number of rotatable bonds is 5. The van der Waals surface area contributed by atoms with Crippen molar-refractivity contribution >= 4 is 45.0 Å². The van der Waals surface area contributed by atoms with Crippen molar-refractivity contribution in [1.82, 2.24) is 4.90 Å². The standard InChI is InChI=1S/C22H21N3OS/c1-2-25(14-16-8-4-3-5-9-16)20(26)15-27-22-23-18-12-6-10-17-11-7-13-19(24-22)21(17)18/h3-13H,2,14-15H2,1H3,(H,23,24). The summed E-state index contributed by atoms with van der Waals surface area (Å²) in [4.78, 5) is 19.3. The Bertz CT molecular complexity index is 996. The van der Waals surface area contributed by atoms with E-state index >= 15 is 0 Å². The van der Waals surface area contributed by atoms with Crippen LogP contribution in [0.4, 0.5) is 11.4 Å². The van der Waals surface area contributed by atoms with Gasteiger partial charge in [-0.2, -0.15) is 0 Å². The van der Waals surface area contributed by atoms with E-state index < -0.39 is 0 Å². The Kier molecular flexibility index (Phi) is 5.12. The van der Waals surface area contributed by atoms with Crippen molar-refractivity contribution < 1.29 is 4.79 Å². The summed E-state index contributed by atoms with van der Waals surface area (Å²) in [6.45, 7) is 3.34. The van der Waals surface area contributed by atoms with Crippen molar-refractivity contribution in [3.63, 3.8) is 0 Å². The molecule has 136 valence electrons. The second-order valence-corrected chi connectivity index (χ2v) is 7.37. The van der Waals surface area contributed by atoms with Crippen LogP contribution in [0.3, 0.4) is 0 Å². The van der Waals surface area contributed by atoms with Crippen LogP contribution in [0.15, 0.2) is 71.7 Å². The predicted molar refractivity (Wildman–Crippen MR) is 115 cm³/mol. The predicted octanol–water partition coefficient (Wildman–Crippen LogP) is 5.03. The molecule has 1 aliphatic rings. The molecule has 3 aromatic carbocycles. The molecule has 4 rings (SSSR count). The minimum Gasteiger partial charge on any atom is -0.338 e. The van der Waals surface area contributed by atoms with Gasteiger partial charge in [0.15, 0.2) is 5.17 Å². The molecule has 0 bridgehead atoms. The quantitative estimate of drug-likeness (QED) is 0.680. The fraction of sp³-hybridized carbons (Fsp3) is 0.182. The summed E-state index contributed by atoms with van der Waals surface area (Å²) in [5.41, 5.74) is 3.14. The number of thioether (sulfide) groups is 1. The molecule has 3 aromatic rings. The number of carbonyl (C=O) groups excluding carboxylic acids is 1. The van der Waals surface area contributed by atoms with Crippen LogP contribution < -0.4 is 5.32 Å². The fourth-order valence-corrected chi connectivity index (χ4v) is 4.03. The van der Waals surface area contributed by atoms with Gasteiger partial charge in [-0.05, 0) is 30.0 Å². The second-order valence-electron chi connectivity index (χ2n) is 6.40. The highest BCUT2D eigenvalue weighted by molar-refractivity contribution is 8.14. The van der Waals surface area contributed by atoms with Crippen LogP contribution in [0.1, 0.15) is 12.5 Å². The normalized spacial score (nSPS) is 12.4. The molecule has 1 amide bonds. The Morgan fingerprint density at radius 1 is 1.04 bits per heavy atom. The third-order valence-corrected chi connectivity index (χ3v) is 5.49. The van der Waals surface area contributed by atoms with Gasteiger partial charge in [-0.15, -0.1) is 0 Å². The topological polar surface area (TPSA) is 44.7 Å². The average molecular weight is 375 g/mol. The summed E-state index contributed by atoms with van der Waals surface area (Å²) < 4.78 is 0. The number of nitrogens with zero attached hydrogens (tertiary/aromatic N) is 2. The van der Waals surface area contributed by atoms with Crippen LogP contribution in [-0.2, 0) is 11.3 Å². The van der Waals surface area contributed by atoms with E-state index in [4.69, 9.17) is 4.99 Å². The van der Waals surface area contributed by atoms with Gasteiger partial charge in [0.25, 0.3) is 0 Å². The molecule has 0 spiro atoms. The third-order valence-electron chi connectivity index (χ3n) is 4.63. The average Bonchev–Trinajstić information content (AvgIpc) is 2.71. The van der Waals surface area contributed by atoms with Gasteiger partial charge < -0.3 is 10.2 Å². The smallest absolute Gasteiger partial charge is 0.233 e. The molecule has 0 unspecified atom stereocenters. The van der Waals surface area contributed by atoms with Gasteiger partial charge in [-0.25, -0.2) is 4.99 Å². The minimum atomic E-state index is 0.118. The van der Waals surface area contributed by atoms with Crippen molar-refractivity contribution in [2.24, 2.45) is 4.99 Å². The number of hydrogen-bond donors (Lipinski definition) is 1. The van der Waals surface area contributed by atoms with E-state index in [2.05, 4.69) is 23.5 Å². The molecule has 0 aliphatic carbocycles. The second kappa shape index (κ2) is 7.84. The zero-order chi connectivity index (χ0) is 18.6. The zero-order valence-corrected chi connectivity index (χ0v) is 16.0. The van der Waals surface area contributed by atoms with Crippen molar-refractivity contribution in [1.29, 1.82) is 0 Å². The lowest BCUT2D eigenvalue weighted by atomic mass is 10.1. The van der Waals surface area contributed by atoms with Gasteiger partial charge in [-0.1, -0.05) is 66.4 Å². The Balaban J connectivity index is 1.44. The number of carbonyl (C=O) groups is 1. The third kappa shape index (κ3) is 3.83. The lowest BCUT2D eigenvalue weighted by Gasteiger charge is -2.22. The van der Waals surface area contributed by atoms with Crippen LogP contribution >= 0.6 is 11.8 Å². The maximum atomic E-state index is 12.7. The molecule has 0 radical (unpaired) electrons. The van der Waals surface area contributed by atoms with E-state index in [1.807, 2.05) is 60.4 Å². The van der Waals surface area contributed by atoms with Crippen molar-refractivity contribution in [3.8, 4) is 0 Å². The molecule has 1 heterocycles. The Labute approximate surface area is 163 Å². The summed E-state index contributed by atoms with van der Waals surface area (Å²) >= 11 is 1.46. The number of nitrogens with one attached hydrogen (secondary N) is 1. The summed E-state index contributed by atoms with van der Waals surface area (Å²) in [6.07, 6.45) is 0. The molecule has 27 heavy (non-hydrogen) atoms. The first-order valence-electron chi connectivity index (χ1n) is 9.06. The maximum absolute atomic E-state index is 12.7. The summed E-state index contributed by atoms with van der Waals surface area (Å²) in [6, 6.07) is 22.4. The summed E-state index contributed by atoms with van der Waals surface area (Å²) in [7, 11) is 0. The van der Waals surface area contributed by atoms with Gasteiger partial charge >= 0.3 is 0 Å². The van der Waals surface area contributed by atoms with E-state index in [-0.39, 0.29) is 5.91 Å². The largest absolute Gasteiger partial charge is 0.338 e. The number of amidine groups is 1. The number of hydrogen-bond acceptors (Lipinski definition) is 4. The number of aliphatic imine (C=N–C) groups is 1. The number of benzene rings is 3. The van der Waals surface area contributed by atoms with Gasteiger partial charge in [0, 0.05) is 18.5 Å². The monoisotopic (exact) mass is 375 g/mol. The molecule has 0 aromatic heterocycles. The first-order chi connectivity index (χ1) is 13.2. The van der Waals surface area contributed by atoms with E-state index in [1.165, 1.54) is 17.1 Å². The molecule has 0 saturated carbocycles. The highest BCUT2D eigenvalue weighted by atomic mass is 32.2. The number of amides is 1. The van der Waals surface area contributed by atoms with Crippen LogP contribution in [0.25, 0.3) is 10.8 Å². The van der Waals surface area contributed by atoms with E-state index in [0.29, 0.717) is 18.8 Å². The molecule has 5 heteroatoms. The maximum Gasteiger partial charge on any atom is 0.233 e. The van der Waals surface area contributed by atoms with Gasteiger partial charge in [0.1, 0.15) is 0 Å². The molecular weight excluding hydrogens is 354 g/mol. The summed E-state index contributed by atoms with van der Waals surface area (Å²) in [5, 5.41) is 6.44. The van der Waals surface area contributed by atoms with E-state index in [1.54, 1.807) is 0 Å². The summed E-state index contributed by atoms with van der Waals surface area (Å²) in [5.74, 6) is 0.484. The van der Waals surface area contributed by atoms with Gasteiger partial charge in [0.2, 0.25) is 5.91 Å². The molecule has 1 N–H and O–H groups in total.